The summed E-state index contributed by atoms with van der Waals surface area (Å²) in [6, 6.07) is 9.20. The first kappa shape index (κ1) is 22.0. The lowest BCUT2D eigenvalue weighted by Crippen LogP contribution is -3.12. The molecule has 1 amide bonds. The van der Waals surface area contributed by atoms with Gasteiger partial charge in [-0.05, 0) is 25.1 Å². The number of benzene rings is 2. The number of carbonyl (C=O) groups excluding carboxylic acids is 1. The van der Waals surface area contributed by atoms with Crippen molar-refractivity contribution in [2.24, 2.45) is 0 Å². The van der Waals surface area contributed by atoms with Gasteiger partial charge in [0.15, 0.2) is 17.5 Å². The second-order valence-electron chi connectivity index (χ2n) is 6.53. The summed E-state index contributed by atoms with van der Waals surface area (Å²) in [6.45, 7) is 2.29. The Bertz CT molecular complexity index is 887. The fourth-order valence-electron chi connectivity index (χ4n) is 2.92. The predicted molar refractivity (Wildman–Crippen MR) is 108 cm³/mol. The van der Waals surface area contributed by atoms with Gasteiger partial charge in [0.2, 0.25) is 0 Å². The monoisotopic (exact) mass is 404 g/mol. The lowest BCUT2D eigenvalue weighted by molar-refractivity contribution is -0.907. The highest BCUT2D eigenvalue weighted by Gasteiger charge is 2.25. The summed E-state index contributed by atoms with van der Waals surface area (Å²) in [7, 11) is 6.46. The minimum absolute atomic E-state index is 0.129. The Kier molecular flexibility index (Phi) is 7.38. The summed E-state index contributed by atoms with van der Waals surface area (Å²) in [4.78, 5) is 24.2. The quantitative estimate of drug-likeness (QED) is 0.487. The molecule has 0 radical (unpaired) electrons. The van der Waals surface area contributed by atoms with E-state index >= 15 is 0 Å². The van der Waals surface area contributed by atoms with Gasteiger partial charge in [0.05, 0.1) is 44.6 Å². The number of carbonyl (C=O) groups is 1. The van der Waals surface area contributed by atoms with Crippen LogP contribution in [0.3, 0.4) is 0 Å². The third-order valence-electron chi connectivity index (χ3n) is 4.74. The third kappa shape index (κ3) is 5.14. The number of nitro benzene ring substituents is 1. The van der Waals surface area contributed by atoms with Gasteiger partial charge in [-0.2, -0.15) is 0 Å². The van der Waals surface area contributed by atoms with Gasteiger partial charge in [0.1, 0.15) is 12.3 Å². The Morgan fingerprint density at radius 3 is 2.41 bits per heavy atom. The molecule has 0 spiro atoms. The number of nitrogens with one attached hydrogen (secondary N) is 2. The maximum absolute atomic E-state index is 12.8. The number of nitrogens with zero attached hydrogens (tertiary/aromatic N) is 1. The summed E-state index contributed by atoms with van der Waals surface area (Å²) >= 11 is 0. The number of amides is 1. The zero-order valence-corrected chi connectivity index (χ0v) is 17.1. The molecule has 2 atom stereocenters. The van der Waals surface area contributed by atoms with Crippen LogP contribution in [0.2, 0.25) is 0 Å². The summed E-state index contributed by atoms with van der Waals surface area (Å²) in [5, 5.41) is 13.8. The minimum Gasteiger partial charge on any atom is -0.495 e. The van der Waals surface area contributed by atoms with E-state index in [-0.39, 0.29) is 17.3 Å². The van der Waals surface area contributed by atoms with Crippen molar-refractivity contribution in [3.8, 4) is 17.2 Å². The largest absolute Gasteiger partial charge is 0.495 e. The van der Waals surface area contributed by atoms with Gasteiger partial charge < -0.3 is 24.4 Å². The highest BCUT2D eigenvalue weighted by Crippen LogP contribution is 2.30. The Balaban J connectivity index is 2.17. The van der Waals surface area contributed by atoms with Crippen molar-refractivity contribution in [1.29, 1.82) is 0 Å². The molecule has 0 saturated carbocycles. The van der Waals surface area contributed by atoms with Crippen LogP contribution in [0.25, 0.3) is 0 Å². The molecule has 2 aromatic rings. The van der Waals surface area contributed by atoms with E-state index in [1.165, 1.54) is 25.3 Å². The highest BCUT2D eigenvalue weighted by atomic mass is 16.6. The van der Waals surface area contributed by atoms with Crippen molar-refractivity contribution in [3.63, 3.8) is 0 Å². The number of nitro groups is 1. The number of quaternary nitrogens is 1. The van der Waals surface area contributed by atoms with Crippen LogP contribution >= 0.6 is 0 Å². The first-order valence-corrected chi connectivity index (χ1v) is 8.97. The Labute approximate surface area is 169 Å². The fourth-order valence-corrected chi connectivity index (χ4v) is 2.92. The van der Waals surface area contributed by atoms with Gasteiger partial charge in [-0.15, -0.1) is 0 Å². The maximum atomic E-state index is 12.8. The van der Waals surface area contributed by atoms with Crippen molar-refractivity contribution in [2.45, 2.75) is 19.5 Å². The number of anilines is 1. The molecule has 2 aromatic carbocycles. The molecule has 29 heavy (non-hydrogen) atoms. The van der Waals surface area contributed by atoms with Crippen LogP contribution < -0.4 is 24.4 Å². The van der Waals surface area contributed by atoms with E-state index < -0.39 is 11.0 Å². The molecule has 0 aliphatic heterocycles. The first-order chi connectivity index (χ1) is 13.8. The van der Waals surface area contributed by atoms with Gasteiger partial charge in [0.25, 0.3) is 11.6 Å². The second kappa shape index (κ2) is 9.74. The number of hydrogen-bond donors (Lipinski definition) is 2. The average molecular weight is 404 g/mol. The molecule has 0 bridgehead atoms. The van der Waals surface area contributed by atoms with Gasteiger partial charge in [-0.3, -0.25) is 14.9 Å². The minimum atomic E-state index is -0.523. The van der Waals surface area contributed by atoms with E-state index in [0.29, 0.717) is 23.8 Å². The topological polar surface area (TPSA) is 104 Å². The van der Waals surface area contributed by atoms with Crippen molar-refractivity contribution in [3.05, 3.63) is 52.1 Å². The van der Waals surface area contributed by atoms with Crippen LogP contribution in [-0.4, -0.2) is 45.2 Å². The van der Waals surface area contributed by atoms with E-state index in [1.54, 1.807) is 21.1 Å². The summed E-state index contributed by atoms with van der Waals surface area (Å²) in [5.41, 5.74) is 1.03. The van der Waals surface area contributed by atoms with Gasteiger partial charge in [0, 0.05) is 12.1 Å². The number of likely N-dealkylation sites (N-methyl/N-ethyl adjacent to an activating group) is 1. The molecular formula is C20H26N3O6+. The molecule has 156 valence electrons. The molecule has 2 N–H and O–H groups in total. The van der Waals surface area contributed by atoms with E-state index in [2.05, 4.69) is 5.32 Å². The predicted octanol–water partition coefficient (Wildman–Crippen LogP) is 1.66. The standard InChI is InChI=1S/C20H25N3O6/c1-13(22(2)12-14-7-6-8-18(28-4)19(14)29-5)20(24)21-16-11-15(23(25)26)9-10-17(16)27-3/h6-11,13H,12H2,1-5H3,(H,21,24)/p+1/t13-/m0/s1. The molecular weight excluding hydrogens is 378 g/mol. The normalized spacial score (nSPS) is 12.6. The zero-order valence-electron chi connectivity index (χ0n) is 17.1. The van der Waals surface area contributed by atoms with Crippen LogP contribution in [0.1, 0.15) is 12.5 Å². The van der Waals surface area contributed by atoms with Gasteiger partial charge in [-0.1, -0.05) is 6.07 Å². The first-order valence-electron chi connectivity index (χ1n) is 8.97. The molecule has 0 aliphatic carbocycles. The van der Waals surface area contributed by atoms with Crippen LogP contribution in [0.5, 0.6) is 17.2 Å². The number of ether oxygens (including phenoxy) is 3. The molecule has 0 aliphatic rings. The number of non-ortho nitro benzene ring substituents is 1. The Morgan fingerprint density at radius 2 is 1.83 bits per heavy atom. The van der Waals surface area contributed by atoms with Crippen LogP contribution in [-0.2, 0) is 11.3 Å². The smallest absolute Gasteiger partial charge is 0.282 e. The molecule has 2 rings (SSSR count). The lowest BCUT2D eigenvalue weighted by atomic mass is 10.1. The van der Waals surface area contributed by atoms with Gasteiger partial charge >= 0.3 is 0 Å². The van der Waals surface area contributed by atoms with E-state index in [0.717, 1.165) is 10.5 Å². The second-order valence-corrected chi connectivity index (χ2v) is 6.53. The zero-order chi connectivity index (χ0) is 21.6. The highest BCUT2D eigenvalue weighted by molar-refractivity contribution is 5.95. The molecule has 0 fully saturated rings. The van der Waals surface area contributed by atoms with Crippen molar-refractivity contribution in [2.75, 3.05) is 33.7 Å². The van der Waals surface area contributed by atoms with E-state index in [9.17, 15) is 14.9 Å². The molecule has 0 heterocycles. The molecule has 9 nitrogen and oxygen atoms in total. The summed E-state index contributed by atoms with van der Waals surface area (Å²) < 4.78 is 16.0. The Morgan fingerprint density at radius 1 is 1.14 bits per heavy atom. The van der Waals surface area contributed by atoms with Crippen LogP contribution in [0, 0.1) is 10.1 Å². The Hall–Kier alpha value is -3.33. The SMILES string of the molecule is COc1ccc([N+](=O)[O-])cc1NC(=O)[C@H](C)[NH+](C)Cc1cccc(OC)c1OC. The molecule has 0 aromatic heterocycles. The summed E-state index contributed by atoms with van der Waals surface area (Å²) in [5.74, 6) is 1.31. The molecule has 1 unspecified atom stereocenters. The van der Waals surface area contributed by atoms with E-state index in [4.69, 9.17) is 14.2 Å². The number of hydrogen-bond acceptors (Lipinski definition) is 6. The maximum Gasteiger partial charge on any atom is 0.282 e. The fraction of sp³-hybridized carbons (Fsp3) is 0.350. The van der Waals surface area contributed by atoms with Crippen molar-refractivity contribution < 1.29 is 28.8 Å². The molecule has 9 heteroatoms. The van der Waals surface area contributed by atoms with Gasteiger partial charge in [-0.25, -0.2) is 0 Å². The number of methoxy groups -OCH3 is 3. The number of rotatable bonds is 9. The van der Waals surface area contributed by atoms with Crippen molar-refractivity contribution >= 4 is 17.3 Å². The average Bonchev–Trinajstić information content (AvgIpc) is 2.72. The van der Waals surface area contributed by atoms with E-state index in [1.807, 2.05) is 25.2 Å². The summed E-state index contributed by atoms with van der Waals surface area (Å²) in [6.07, 6.45) is 0. The molecule has 0 saturated heterocycles. The number of para-hydroxylation sites is 1. The van der Waals surface area contributed by atoms with Crippen LogP contribution in [0.4, 0.5) is 11.4 Å². The van der Waals surface area contributed by atoms with Crippen LogP contribution in [0.15, 0.2) is 36.4 Å². The van der Waals surface area contributed by atoms with Crippen molar-refractivity contribution in [1.82, 2.24) is 0 Å². The third-order valence-corrected chi connectivity index (χ3v) is 4.74. The lowest BCUT2D eigenvalue weighted by Gasteiger charge is -2.23.